The minimum atomic E-state index is 0. The van der Waals surface area contributed by atoms with Crippen LogP contribution in [0.15, 0.2) is 29.3 Å². The lowest BCUT2D eigenvalue weighted by molar-refractivity contribution is -0.127. The Morgan fingerprint density at radius 3 is 2.48 bits per heavy atom. The number of nitrogens with one attached hydrogen (secondary N) is 2. The fourth-order valence-electron chi connectivity index (χ4n) is 1.61. The van der Waals surface area contributed by atoms with Crippen LogP contribution in [0.5, 0.6) is 0 Å². The van der Waals surface area contributed by atoms with Gasteiger partial charge in [-0.1, -0.05) is 24.3 Å². The highest BCUT2D eigenvalue weighted by molar-refractivity contribution is 14.0. The normalized spacial score (nSPS) is 10.6. The molecular weight excluding hydrogens is 379 g/mol. The van der Waals surface area contributed by atoms with Crippen LogP contribution in [0.4, 0.5) is 0 Å². The van der Waals surface area contributed by atoms with E-state index in [1.807, 2.05) is 19.1 Å². The second-order valence-corrected chi connectivity index (χ2v) is 4.76. The molecule has 0 aliphatic heterocycles. The molecule has 6 heteroatoms. The molecule has 0 bridgehead atoms. The molecule has 0 aliphatic rings. The van der Waals surface area contributed by atoms with E-state index in [9.17, 15) is 4.79 Å². The van der Waals surface area contributed by atoms with Crippen molar-refractivity contribution in [2.24, 2.45) is 4.99 Å². The lowest BCUT2D eigenvalue weighted by Crippen LogP contribution is -2.42. The van der Waals surface area contributed by atoms with Gasteiger partial charge in [-0.05, 0) is 25.0 Å². The average molecular weight is 404 g/mol. The number of aliphatic imine (C=N–C) groups is 1. The molecule has 0 atom stereocenters. The Morgan fingerprint density at radius 2 is 1.90 bits per heavy atom. The van der Waals surface area contributed by atoms with Gasteiger partial charge in [0.25, 0.3) is 0 Å². The number of nitrogens with zero attached hydrogens (tertiary/aromatic N) is 2. The van der Waals surface area contributed by atoms with Crippen LogP contribution in [0.2, 0.25) is 0 Å². The monoisotopic (exact) mass is 404 g/mol. The summed E-state index contributed by atoms with van der Waals surface area (Å²) in [6.45, 7) is 5.67. The van der Waals surface area contributed by atoms with Crippen LogP contribution in [-0.4, -0.2) is 44.0 Å². The third-order valence-corrected chi connectivity index (χ3v) is 2.92. The van der Waals surface area contributed by atoms with Crippen molar-refractivity contribution in [2.45, 2.75) is 20.4 Å². The molecule has 0 spiro atoms. The van der Waals surface area contributed by atoms with Crippen molar-refractivity contribution in [3.63, 3.8) is 0 Å². The molecule has 0 saturated carbocycles. The van der Waals surface area contributed by atoms with E-state index < -0.39 is 0 Å². The van der Waals surface area contributed by atoms with E-state index in [1.165, 1.54) is 11.1 Å². The molecule has 0 fully saturated rings. The van der Waals surface area contributed by atoms with E-state index in [2.05, 4.69) is 34.7 Å². The predicted octanol–water partition coefficient (Wildman–Crippen LogP) is 1.76. The molecule has 0 radical (unpaired) electrons. The van der Waals surface area contributed by atoms with Gasteiger partial charge in [0.05, 0.1) is 13.1 Å². The summed E-state index contributed by atoms with van der Waals surface area (Å²) in [5.41, 5.74) is 2.40. The van der Waals surface area contributed by atoms with Crippen LogP contribution in [0.25, 0.3) is 0 Å². The predicted molar refractivity (Wildman–Crippen MR) is 98.1 cm³/mol. The van der Waals surface area contributed by atoms with Crippen LogP contribution >= 0.6 is 24.0 Å². The van der Waals surface area contributed by atoms with E-state index in [0.29, 0.717) is 12.5 Å². The maximum absolute atomic E-state index is 11.6. The Labute approximate surface area is 144 Å². The number of aryl methyl sites for hydroxylation is 1. The zero-order valence-electron chi connectivity index (χ0n) is 13.1. The first-order valence-electron chi connectivity index (χ1n) is 6.81. The van der Waals surface area contributed by atoms with E-state index in [-0.39, 0.29) is 36.4 Å². The second-order valence-electron chi connectivity index (χ2n) is 4.76. The summed E-state index contributed by atoms with van der Waals surface area (Å²) in [5.74, 6) is 0.678. The van der Waals surface area contributed by atoms with Crippen molar-refractivity contribution in [3.05, 3.63) is 35.4 Å². The van der Waals surface area contributed by atoms with Crippen molar-refractivity contribution >= 4 is 35.8 Å². The number of guanidine groups is 1. The molecule has 0 aromatic heterocycles. The zero-order valence-corrected chi connectivity index (χ0v) is 15.5. The number of hydrogen-bond acceptors (Lipinski definition) is 2. The number of benzene rings is 1. The molecule has 5 nitrogen and oxygen atoms in total. The number of amides is 1. The average Bonchev–Trinajstić information content (AvgIpc) is 2.43. The molecule has 1 aromatic rings. The smallest absolute Gasteiger partial charge is 0.241 e. The van der Waals surface area contributed by atoms with E-state index in [4.69, 9.17) is 0 Å². The van der Waals surface area contributed by atoms with Crippen LogP contribution in [0, 0.1) is 6.92 Å². The Kier molecular flexibility index (Phi) is 9.77. The summed E-state index contributed by atoms with van der Waals surface area (Å²) in [4.78, 5) is 17.6. The first-order chi connectivity index (χ1) is 9.54. The lowest BCUT2D eigenvalue weighted by Gasteiger charge is -2.14. The van der Waals surface area contributed by atoms with Crippen molar-refractivity contribution in [2.75, 3.05) is 27.2 Å². The van der Waals surface area contributed by atoms with Gasteiger partial charge in [0.2, 0.25) is 5.91 Å². The van der Waals surface area contributed by atoms with Crippen molar-refractivity contribution in [3.8, 4) is 0 Å². The van der Waals surface area contributed by atoms with Crippen molar-refractivity contribution in [1.82, 2.24) is 15.5 Å². The number of carbonyl (C=O) groups excluding carboxylic acids is 1. The maximum Gasteiger partial charge on any atom is 0.241 e. The molecular formula is C15H25IN4O. The molecule has 0 heterocycles. The summed E-state index contributed by atoms with van der Waals surface area (Å²) in [6.07, 6.45) is 0. The van der Waals surface area contributed by atoms with Crippen LogP contribution in [-0.2, 0) is 11.3 Å². The van der Waals surface area contributed by atoms with Gasteiger partial charge in [-0.3, -0.25) is 4.79 Å². The third-order valence-electron chi connectivity index (χ3n) is 2.92. The largest absolute Gasteiger partial charge is 0.357 e. The minimum Gasteiger partial charge on any atom is -0.357 e. The molecule has 1 amide bonds. The number of halogens is 1. The van der Waals surface area contributed by atoms with Gasteiger partial charge < -0.3 is 15.5 Å². The summed E-state index contributed by atoms with van der Waals surface area (Å²) >= 11 is 0. The maximum atomic E-state index is 11.6. The fourth-order valence-corrected chi connectivity index (χ4v) is 1.61. The van der Waals surface area contributed by atoms with Crippen LogP contribution < -0.4 is 10.6 Å². The Bertz CT molecular complexity index is 474. The minimum absolute atomic E-state index is 0. The second kappa shape index (κ2) is 10.4. The molecule has 0 aliphatic carbocycles. The van der Waals surface area contributed by atoms with Crippen molar-refractivity contribution < 1.29 is 4.79 Å². The van der Waals surface area contributed by atoms with Crippen molar-refractivity contribution in [1.29, 1.82) is 0 Å². The van der Waals surface area contributed by atoms with Gasteiger partial charge in [-0.25, -0.2) is 4.99 Å². The number of carbonyl (C=O) groups is 1. The molecule has 21 heavy (non-hydrogen) atoms. The van der Waals surface area contributed by atoms with E-state index >= 15 is 0 Å². The van der Waals surface area contributed by atoms with Gasteiger partial charge in [0.15, 0.2) is 5.96 Å². The summed E-state index contributed by atoms with van der Waals surface area (Å²) in [5, 5.41) is 6.17. The first kappa shape index (κ1) is 19.7. The molecule has 1 aromatic carbocycles. The first-order valence-corrected chi connectivity index (χ1v) is 6.81. The van der Waals surface area contributed by atoms with E-state index in [1.54, 1.807) is 19.0 Å². The fraction of sp³-hybridized carbons (Fsp3) is 0.467. The molecule has 118 valence electrons. The van der Waals surface area contributed by atoms with Crippen LogP contribution in [0.3, 0.4) is 0 Å². The van der Waals surface area contributed by atoms with Gasteiger partial charge in [-0.15, -0.1) is 24.0 Å². The van der Waals surface area contributed by atoms with E-state index in [0.717, 1.165) is 6.54 Å². The molecule has 2 N–H and O–H groups in total. The number of likely N-dealkylation sites (N-methyl/N-ethyl adjacent to an activating group) is 1. The van der Waals surface area contributed by atoms with Crippen LogP contribution in [0.1, 0.15) is 18.1 Å². The lowest BCUT2D eigenvalue weighted by atomic mass is 10.1. The molecule has 0 unspecified atom stereocenters. The highest BCUT2D eigenvalue weighted by Gasteiger charge is 2.05. The Morgan fingerprint density at radius 1 is 1.24 bits per heavy atom. The zero-order chi connectivity index (χ0) is 15.0. The number of hydrogen-bond donors (Lipinski definition) is 2. The highest BCUT2D eigenvalue weighted by atomic mass is 127. The van der Waals surface area contributed by atoms with Gasteiger partial charge in [0, 0.05) is 20.6 Å². The third kappa shape index (κ3) is 7.31. The topological polar surface area (TPSA) is 56.7 Å². The SMILES string of the molecule is CCNC(=NCc1ccccc1C)NCC(=O)N(C)C.I. The van der Waals surface area contributed by atoms with Gasteiger partial charge in [0.1, 0.15) is 0 Å². The molecule has 0 saturated heterocycles. The summed E-state index contributed by atoms with van der Waals surface area (Å²) in [7, 11) is 3.48. The number of rotatable bonds is 5. The highest BCUT2D eigenvalue weighted by Crippen LogP contribution is 2.07. The van der Waals surface area contributed by atoms with Gasteiger partial charge >= 0.3 is 0 Å². The standard InChI is InChI=1S/C15H24N4O.HI/c1-5-16-15(18-11-14(20)19(3)4)17-10-13-9-7-6-8-12(13)2;/h6-9H,5,10-11H2,1-4H3,(H2,16,17,18);1H. The molecule has 1 rings (SSSR count). The quantitative estimate of drug-likeness (QED) is 0.447. The Balaban J connectivity index is 0.00000400. The summed E-state index contributed by atoms with van der Waals surface area (Å²) < 4.78 is 0. The Hall–Kier alpha value is -1.31. The summed E-state index contributed by atoms with van der Waals surface area (Å²) in [6, 6.07) is 8.16. The van der Waals surface area contributed by atoms with Gasteiger partial charge in [-0.2, -0.15) is 0 Å².